The van der Waals surface area contributed by atoms with E-state index in [0.717, 1.165) is 0 Å². The number of rotatable bonds is 3. The first-order valence-corrected chi connectivity index (χ1v) is 6.32. The molecule has 1 rings (SSSR count). The van der Waals surface area contributed by atoms with Crippen LogP contribution >= 0.6 is 11.8 Å². The summed E-state index contributed by atoms with van der Waals surface area (Å²) in [5, 5.41) is 12.0. The number of carboxylic acids is 1. The predicted molar refractivity (Wildman–Crippen MR) is 63.4 cm³/mol. The summed E-state index contributed by atoms with van der Waals surface area (Å²) in [6.07, 6.45) is 0. The Morgan fingerprint density at radius 2 is 2.12 bits per heavy atom. The van der Waals surface area contributed by atoms with Crippen molar-refractivity contribution >= 4 is 23.6 Å². The summed E-state index contributed by atoms with van der Waals surface area (Å²) in [5.74, 6) is -0.112. The third-order valence-corrected chi connectivity index (χ3v) is 3.27. The summed E-state index contributed by atoms with van der Waals surface area (Å²) in [6.45, 7) is 6.09. The maximum absolute atomic E-state index is 11.8. The molecule has 0 aromatic carbocycles. The monoisotopic (exact) mass is 246 g/mol. The third-order valence-electron chi connectivity index (χ3n) is 2.26. The fourth-order valence-corrected chi connectivity index (χ4v) is 2.51. The molecular formula is C10H18N2O3S. The summed E-state index contributed by atoms with van der Waals surface area (Å²) in [7, 11) is 0. The molecule has 0 saturated carbocycles. The molecule has 1 aliphatic rings. The van der Waals surface area contributed by atoms with E-state index in [0.29, 0.717) is 11.6 Å². The Labute approximate surface area is 99.6 Å². The van der Waals surface area contributed by atoms with E-state index in [1.165, 1.54) is 16.7 Å². The number of thioether (sulfide) groups is 1. The molecule has 0 aromatic heterocycles. The van der Waals surface area contributed by atoms with Gasteiger partial charge in [0.05, 0.1) is 12.4 Å². The van der Waals surface area contributed by atoms with Gasteiger partial charge in [-0.05, 0) is 20.8 Å². The maximum atomic E-state index is 11.8. The van der Waals surface area contributed by atoms with Crippen molar-refractivity contribution in [2.24, 2.45) is 0 Å². The average molecular weight is 246 g/mol. The SMILES string of the molecule is CC(C)(C)NCC(=O)N1CSC[C@H]1C(=O)O. The second kappa shape index (κ2) is 5.05. The Kier molecular flexibility index (Phi) is 4.21. The zero-order chi connectivity index (χ0) is 12.3. The Bertz CT molecular complexity index is 288. The van der Waals surface area contributed by atoms with Crippen LogP contribution in [0.15, 0.2) is 0 Å². The van der Waals surface area contributed by atoms with Crippen molar-refractivity contribution in [2.45, 2.75) is 32.4 Å². The van der Waals surface area contributed by atoms with Crippen LogP contribution in [0, 0.1) is 0 Å². The number of amides is 1. The van der Waals surface area contributed by atoms with Crippen LogP contribution < -0.4 is 5.32 Å². The van der Waals surface area contributed by atoms with Gasteiger partial charge in [-0.2, -0.15) is 0 Å². The molecular weight excluding hydrogens is 228 g/mol. The lowest BCUT2D eigenvalue weighted by Gasteiger charge is -2.24. The quantitative estimate of drug-likeness (QED) is 0.752. The summed E-state index contributed by atoms with van der Waals surface area (Å²) in [6, 6.07) is -0.667. The highest BCUT2D eigenvalue weighted by Gasteiger charge is 2.34. The minimum atomic E-state index is -0.922. The van der Waals surface area contributed by atoms with Crippen molar-refractivity contribution in [3.8, 4) is 0 Å². The smallest absolute Gasteiger partial charge is 0.327 e. The second-order valence-electron chi connectivity index (χ2n) is 4.82. The molecule has 0 spiro atoms. The lowest BCUT2D eigenvalue weighted by Crippen LogP contribution is -2.48. The zero-order valence-corrected chi connectivity index (χ0v) is 10.6. The van der Waals surface area contributed by atoms with Gasteiger partial charge in [0.1, 0.15) is 6.04 Å². The minimum Gasteiger partial charge on any atom is -0.480 e. The summed E-state index contributed by atoms with van der Waals surface area (Å²) in [4.78, 5) is 24.1. The molecule has 2 N–H and O–H groups in total. The van der Waals surface area contributed by atoms with Crippen molar-refractivity contribution < 1.29 is 14.7 Å². The summed E-state index contributed by atoms with van der Waals surface area (Å²) < 4.78 is 0. The molecule has 0 aliphatic carbocycles. The van der Waals surface area contributed by atoms with Crippen molar-refractivity contribution in [1.82, 2.24) is 10.2 Å². The molecule has 1 amide bonds. The number of carbonyl (C=O) groups is 2. The minimum absolute atomic E-state index is 0.138. The fraction of sp³-hybridized carbons (Fsp3) is 0.800. The average Bonchev–Trinajstić information content (AvgIpc) is 2.61. The maximum Gasteiger partial charge on any atom is 0.327 e. The van der Waals surface area contributed by atoms with Gasteiger partial charge in [0.25, 0.3) is 0 Å². The van der Waals surface area contributed by atoms with E-state index in [4.69, 9.17) is 5.11 Å². The van der Waals surface area contributed by atoms with Crippen LogP contribution in [0.3, 0.4) is 0 Å². The molecule has 92 valence electrons. The van der Waals surface area contributed by atoms with Crippen molar-refractivity contribution in [2.75, 3.05) is 18.2 Å². The van der Waals surface area contributed by atoms with Crippen LogP contribution in [0.5, 0.6) is 0 Å². The molecule has 1 fully saturated rings. The number of carbonyl (C=O) groups excluding carboxylic acids is 1. The number of hydrogen-bond acceptors (Lipinski definition) is 4. The van der Waals surface area contributed by atoms with Gasteiger partial charge >= 0.3 is 5.97 Å². The van der Waals surface area contributed by atoms with Crippen LogP contribution in [0.1, 0.15) is 20.8 Å². The van der Waals surface area contributed by atoms with Crippen LogP contribution in [0.4, 0.5) is 0 Å². The second-order valence-corrected chi connectivity index (χ2v) is 5.82. The van der Waals surface area contributed by atoms with Crippen LogP contribution in [0.25, 0.3) is 0 Å². The predicted octanol–water partition coefficient (Wildman–Crippen LogP) is 0.361. The highest BCUT2D eigenvalue weighted by atomic mass is 32.2. The van der Waals surface area contributed by atoms with E-state index >= 15 is 0 Å². The summed E-state index contributed by atoms with van der Waals surface area (Å²) >= 11 is 1.48. The zero-order valence-electron chi connectivity index (χ0n) is 9.82. The number of aliphatic carboxylic acids is 1. The third kappa shape index (κ3) is 3.68. The highest BCUT2D eigenvalue weighted by molar-refractivity contribution is 7.99. The Hall–Kier alpha value is -0.750. The molecule has 0 radical (unpaired) electrons. The number of carboxylic acid groups (broad SMARTS) is 1. The molecule has 0 unspecified atom stereocenters. The first-order chi connectivity index (χ1) is 7.31. The molecule has 5 nitrogen and oxygen atoms in total. The van der Waals surface area contributed by atoms with Gasteiger partial charge in [0.2, 0.25) is 5.91 Å². The van der Waals surface area contributed by atoms with Crippen LogP contribution in [-0.2, 0) is 9.59 Å². The molecule has 16 heavy (non-hydrogen) atoms. The van der Waals surface area contributed by atoms with E-state index in [2.05, 4.69) is 5.32 Å². The van der Waals surface area contributed by atoms with E-state index in [1.807, 2.05) is 20.8 Å². The number of nitrogens with one attached hydrogen (secondary N) is 1. The molecule has 1 atom stereocenters. The molecule has 1 saturated heterocycles. The first-order valence-electron chi connectivity index (χ1n) is 5.16. The van der Waals surface area contributed by atoms with Gasteiger partial charge in [0.15, 0.2) is 0 Å². The van der Waals surface area contributed by atoms with Gasteiger partial charge in [-0.1, -0.05) is 0 Å². The summed E-state index contributed by atoms with van der Waals surface area (Å²) in [5.41, 5.74) is -0.138. The number of hydrogen-bond donors (Lipinski definition) is 2. The molecule has 0 aromatic rings. The largest absolute Gasteiger partial charge is 0.480 e. The molecule has 0 bridgehead atoms. The van der Waals surface area contributed by atoms with E-state index in [9.17, 15) is 9.59 Å². The van der Waals surface area contributed by atoms with Gasteiger partial charge in [0, 0.05) is 11.3 Å². The normalized spacial score (nSPS) is 21.2. The molecule has 1 aliphatic heterocycles. The van der Waals surface area contributed by atoms with Gasteiger partial charge in [-0.25, -0.2) is 4.79 Å². The fourth-order valence-electron chi connectivity index (χ4n) is 1.34. The molecule has 1 heterocycles. The van der Waals surface area contributed by atoms with Crippen molar-refractivity contribution in [3.05, 3.63) is 0 Å². The Morgan fingerprint density at radius 1 is 1.50 bits per heavy atom. The standard InChI is InChI=1S/C10H18N2O3S/c1-10(2,3)11-4-8(13)12-6-16-5-7(12)9(14)15/h7,11H,4-6H2,1-3H3,(H,14,15)/t7-/m0/s1. The topological polar surface area (TPSA) is 69.6 Å². The lowest BCUT2D eigenvalue weighted by atomic mass is 10.1. The Morgan fingerprint density at radius 3 is 2.62 bits per heavy atom. The lowest BCUT2D eigenvalue weighted by molar-refractivity contribution is -0.147. The van der Waals surface area contributed by atoms with Crippen LogP contribution in [0.2, 0.25) is 0 Å². The highest BCUT2D eigenvalue weighted by Crippen LogP contribution is 2.20. The van der Waals surface area contributed by atoms with Crippen molar-refractivity contribution in [3.63, 3.8) is 0 Å². The molecule has 6 heteroatoms. The van der Waals surface area contributed by atoms with Gasteiger partial charge in [-0.3, -0.25) is 4.79 Å². The number of nitrogens with zero attached hydrogens (tertiary/aromatic N) is 1. The van der Waals surface area contributed by atoms with E-state index in [1.54, 1.807) is 0 Å². The van der Waals surface area contributed by atoms with Crippen molar-refractivity contribution in [1.29, 1.82) is 0 Å². The van der Waals surface area contributed by atoms with E-state index < -0.39 is 12.0 Å². The van der Waals surface area contributed by atoms with Gasteiger partial charge in [-0.15, -0.1) is 11.8 Å². The first kappa shape index (κ1) is 13.3. The Balaban J connectivity index is 2.50. The van der Waals surface area contributed by atoms with Gasteiger partial charge < -0.3 is 15.3 Å². The van der Waals surface area contributed by atoms with Crippen LogP contribution in [-0.4, -0.2) is 51.6 Å². The van der Waals surface area contributed by atoms with E-state index in [-0.39, 0.29) is 18.0 Å².